The van der Waals surface area contributed by atoms with Gasteiger partial charge in [0.2, 0.25) is 0 Å². The molecule has 0 aliphatic heterocycles. The minimum absolute atomic E-state index is 0.0172. The van der Waals surface area contributed by atoms with E-state index in [4.69, 9.17) is 0 Å². The number of aliphatic hydroxyl groups is 1. The summed E-state index contributed by atoms with van der Waals surface area (Å²) in [6.45, 7) is 4.07. The summed E-state index contributed by atoms with van der Waals surface area (Å²) in [5.41, 5.74) is 2.01. The molecule has 0 bridgehead atoms. The van der Waals surface area contributed by atoms with Crippen molar-refractivity contribution >= 4 is 17.2 Å². The number of hydrogen-bond donors (Lipinski definition) is 2. The SMILES string of the molecule is Cc1ncsc1C(=O)NC1(CO)CCC(C)CC1. The van der Waals surface area contributed by atoms with E-state index in [1.165, 1.54) is 11.3 Å². The maximum absolute atomic E-state index is 12.2. The van der Waals surface area contributed by atoms with Crippen LogP contribution in [-0.2, 0) is 0 Å². The Labute approximate surface area is 111 Å². The molecule has 1 fully saturated rings. The van der Waals surface area contributed by atoms with E-state index in [-0.39, 0.29) is 12.5 Å². The van der Waals surface area contributed by atoms with E-state index in [9.17, 15) is 9.90 Å². The van der Waals surface area contributed by atoms with E-state index in [1.807, 2.05) is 6.92 Å². The molecule has 2 N–H and O–H groups in total. The topological polar surface area (TPSA) is 62.2 Å². The van der Waals surface area contributed by atoms with Gasteiger partial charge in [0.25, 0.3) is 5.91 Å². The van der Waals surface area contributed by atoms with Crippen LogP contribution < -0.4 is 5.32 Å². The van der Waals surface area contributed by atoms with E-state index >= 15 is 0 Å². The van der Waals surface area contributed by atoms with Gasteiger partial charge >= 0.3 is 0 Å². The van der Waals surface area contributed by atoms with E-state index in [1.54, 1.807) is 5.51 Å². The first-order valence-electron chi connectivity index (χ1n) is 6.40. The quantitative estimate of drug-likeness (QED) is 0.882. The average molecular weight is 268 g/mol. The molecular formula is C13H20N2O2S. The third-order valence-electron chi connectivity index (χ3n) is 3.86. The normalized spacial score (nSPS) is 28.1. The first kappa shape index (κ1) is 13.5. The van der Waals surface area contributed by atoms with Gasteiger partial charge in [0.05, 0.1) is 23.4 Å². The molecule has 0 aromatic carbocycles. The van der Waals surface area contributed by atoms with Gasteiger partial charge in [-0.05, 0) is 38.5 Å². The fourth-order valence-corrected chi connectivity index (χ4v) is 3.15. The lowest BCUT2D eigenvalue weighted by molar-refractivity contribution is 0.0720. The Hall–Kier alpha value is -0.940. The van der Waals surface area contributed by atoms with Crippen LogP contribution in [0, 0.1) is 12.8 Å². The number of aryl methyl sites for hydroxylation is 1. The lowest BCUT2D eigenvalue weighted by Gasteiger charge is -2.38. The summed E-state index contributed by atoms with van der Waals surface area (Å²) in [7, 11) is 0. The van der Waals surface area contributed by atoms with E-state index in [0.717, 1.165) is 31.4 Å². The second kappa shape index (κ2) is 5.36. The predicted octanol–water partition coefficient (Wildman–Crippen LogP) is 2.12. The van der Waals surface area contributed by atoms with Crippen molar-refractivity contribution in [1.29, 1.82) is 0 Å². The Kier molecular flexibility index (Phi) is 4.02. The molecule has 1 amide bonds. The molecule has 0 unspecified atom stereocenters. The highest BCUT2D eigenvalue weighted by molar-refractivity contribution is 7.11. The zero-order valence-electron chi connectivity index (χ0n) is 10.9. The van der Waals surface area contributed by atoms with Gasteiger partial charge in [-0.1, -0.05) is 6.92 Å². The number of carbonyl (C=O) groups is 1. The number of aliphatic hydroxyl groups excluding tert-OH is 1. The summed E-state index contributed by atoms with van der Waals surface area (Å²) in [5.74, 6) is 0.588. The molecule has 18 heavy (non-hydrogen) atoms. The third-order valence-corrected chi connectivity index (χ3v) is 4.79. The summed E-state index contributed by atoms with van der Waals surface area (Å²) in [5, 5.41) is 12.6. The molecule has 0 spiro atoms. The zero-order chi connectivity index (χ0) is 13.2. The second-order valence-electron chi connectivity index (χ2n) is 5.34. The van der Waals surface area contributed by atoms with Crippen LogP contribution in [-0.4, -0.2) is 28.1 Å². The van der Waals surface area contributed by atoms with Gasteiger partial charge in [-0.25, -0.2) is 4.98 Å². The van der Waals surface area contributed by atoms with Crippen LogP contribution in [0.25, 0.3) is 0 Å². The van der Waals surface area contributed by atoms with Crippen molar-refractivity contribution in [2.24, 2.45) is 5.92 Å². The second-order valence-corrected chi connectivity index (χ2v) is 6.20. The Balaban J connectivity index is 2.07. The summed E-state index contributed by atoms with van der Waals surface area (Å²) in [6, 6.07) is 0. The molecule has 100 valence electrons. The molecule has 1 aromatic heterocycles. The molecule has 5 heteroatoms. The molecule has 4 nitrogen and oxygen atoms in total. The number of carbonyl (C=O) groups excluding carboxylic acids is 1. The highest BCUT2D eigenvalue weighted by atomic mass is 32.1. The molecule has 1 heterocycles. The van der Waals surface area contributed by atoms with Crippen molar-refractivity contribution < 1.29 is 9.90 Å². The monoisotopic (exact) mass is 268 g/mol. The first-order valence-corrected chi connectivity index (χ1v) is 7.28. The fraction of sp³-hybridized carbons (Fsp3) is 0.692. The number of rotatable bonds is 3. The van der Waals surface area contributed by atoms with E-state index < -0.39 is 5.54 Å². The number of thiazole rings is 1. The largest absolute Gasteiger partial charge is 0.394 e. The van der Waals surface area contributed by atoms with Crippen molar-refractivity contribution in [2.45, 2.75) is 45.1 Å². The van der Waals surface area contributed by atoms with Crippen LogP contribution in [0.1, 0.15) is 48.0 Å². The summed E-state index contributed by atoms with van der Waals surface area (Å²) >= 11 is 1.35. The Morgan fingerprint density at radius 1 is 1.61 bits per heavy atom. The van der Waals surface area contributed by atoms with Gasteiger partial charge in [-0.3, -0.25) is 4.79 Å². The molecule has 0 saturated heterocycles. The average Bonchev–Trinajstić information content (AvgIpc) is 2.79. The number of nitrogens with one attached hydrogen (secondary N) is 1. The lowest BCUT2D eigenvalue weighted by atomic mass is 9.77. The number of hydrogen-bond acceptors (Lipinski definition) is 4. The third kappa shape index (κ3) is 2.72. The molecule has 1 saturated carbocycles. The lowest BCUT2D eigenvalue weighted by Crippen LogP contribution is -2.53. The zero-order valence-corrected chi connectivity index (χ0v) is 11.7. The van der Waals surface area contributed by atoms with Gasteiger partial charge < -0.3 is 10.4 Å². The van der Waals surface area contributed by atoms with Crippen molar-refractivity contribution in [1.82, 2.24) is 10.3 Å². The van der Waals surface area contributed by atoms with E-state index in [2.05, 4.69) is 17.2 Å². The molecule has 1 aliphatic carbocycles. The minimum atomic E-state index is -0.431. The van der Waals surface area contributed by atoms with Crippen LogP contribution >= 0.6 is 11.3 Å². The van der Waals surface area contributed by atoms with Gasteiger partial charge in [0, 0.05) is 0 Å². The Bertz CT molecular complexity index is 422. The summed E-state index contributed by atoms with van der Waals surface area (Å²) in [6.07, 6.45) is 3.83. The van der Waals surface area contributed by atoms with Gasteiger partial charge in [0.1, 0.15) is 4.88 Å². The fourth-order valence-electron chi connectivity index (χ4n) is 2.45. The van der Waals surface area contributed by atoms with E-state index in [0.29, 0.717) is 10.8 Å². The maximum atomic E-state index is 12.2. The van der Waals surface area contributed by atoms with Crippen LogP contribution in [0.4, 0.5) is 0 Å². The standard InChI is InChI=1S/C13H20N2O2S/c1-9-3-5-13(7-16,6-4-9)15-12(17)11-10(2)14-8-18-11/h8-9,16H,3-7H2,1-2H3,(H,15,17). The minimum Gasteiger partial charge on any atom is -0.394 e. The number of amides is 1. The molecular weight excluding hydrogens is 248 g/mol. The molecule has 0 atom stereocenters. The van der Waals surface area contributed by atoms with Crippen LogP contribution in [0.2, 0.25) is 0 Å². The predicted molar refractivity (Wildman–Crippen MR) is 71.8 cm³/mol. The van der Waals surface area contributed by atoms with Crippen molar-refractivity contribution in [3.05, 3.63) is 16.1 Å². The number of nitrogens with zero attached hydrogens (tertiary/aromatic N) is 1. The van der Waals surface area contributed by atoms with Gasteiger partial charge in [-0.15, -0.1) is 11.3 Å². The summed E-state index contributed by atoms with van der Waals surface area (Å²) < 4.78 is 0. The Morgan fingerprint density at radius 2 is 2.28 bits per heavy atom. The van der Waals surface area contributed by atoms with Gasteiger partial charge in [0.15, 0.2) is 0 Å². The highest BCUT2D eigenvalue weighted by Crippen LogP contribution is 2.32. The van der Waals surface area contributed by atoms with Crippen molar-refractivity contribution in [3.8, 4) is 0 Å². The van der Waals surface area contributed by atoms with Crippen LogP contribution in [0.3, 0.4) is 0 Å². The Morgan fingerprint density at radius 3 is 2.78 bits per heavy atom. The maximum Gasteiger partial charge on any atom is 0.263 e. The smallest absolute Gasteiger partial charge is 0.263 e. The van der Waals surface area contributed by atoms with Gasteiger partial charge in [-0.2, -0.15) is 0 Å². The van der Waals surface area contributed by atoms with Crippen LogP contribution in [0.15, 0.2) is 5.51 Å². The summed E-state index contributed by atoms with van der Waals surface area (Å²) in [4.78, 5) is 16.9. The highest BCUT2D eigenvalue weighted by Gasteiger charge is 2.35. The molecule has 1 aliphatic rings. The molecule has 0 radical (unpaired) electrons. The number of aromatic nitrogens is 1. The van der Waals surface area contributed by atoms with Crippen LogP contribution in [0.5, 0.6) is 0 Å². The van der Waals surface area contributed by atoms with Crippen molar-refractivity contribution in [3.63, 3.8) is 0 Å². The van der Waals surface area contributed by atoms with Crippen molar-refractivity contribution in [2.75, 3.05) is 6.61 Å². The first-order chi connectivity index (χ1) is 8.56. The molecule has 1 aromatic rings. The molecule has 2 rings (SSSR count).